The molecule has 0 aromatic heterocycles. The van der Waals surface area contributed by atoms with Gasteiger partial charge >= 0.3 is 0 Å². The first kappa shape index (κ1) is 42.1. The second-order valence-electron chi connectivity index (χ2n) is 12.2. The molecule has 12 nitrogen and oxygen atoms in total. The largest absolute Gasteiger partial charge is 0.394 e. The summed E-state index contributed by atoms with van der Waals surface area (Å²) >= 11 is 3.45. The SMILES string of the molecule is CC[C@@H](O)[C@@H](O)[C@H](CO[C@H]1OC(CO)[C@H](O)C(O)CC1O)NC(=O)CCCCCCCCNC(=O)CCCCCCCCCBr. The maximum atomic E-state index is 12.6. The number of aliphatic hydroxyl groups is 6. The molecule has 13 heteroatoms. The molecule has 0 spiro atoms. The number of carbonyl (C=O) groups excluding carboxylic acids is 2. The van der Waals surface area contributed by atoms with Crippen LogP contribution in [0.1, 0.15) is 116 Å². The second kappa shape index (κ2) is 26.1. The van der Waals surface area contributed by atoms with Gasteiger partial charge in [-0.3, -0.25) is 9.59 Å². The van der Waals surface area contributed by atoms with Crippen LogP contribution in [-0.2, 0) is 19.1 Å². The van der Waals surface area contributed by atoms with E-state index in [0.29, 0.717) is 19.4 Å². The van der Waals surface area contributed by atoms with E-state index in [-0.39, 0.29) is 37.7 Å². The van der Waals surface area contributed by atoms with Gasteiger partial charge in [-0.1, -0.05) is 80.6 Å². The summed E-state index contributed by atoms with van der Waals surface area (Å²) in [6, 6.07) is -1.00. The quantitative estimate of drug-likeness (QED) is 0.0486. The van der Waals surface area contributed by atoms with Gasteiger partial charge in [0.1, 0.15) is 24.4 Å². The van der Waals surface area contributed by atoms with Crippen LogP contribution in [0.15, 0.2) is 0 Å². The number of aliphatic hydroxyl groups excluding tert-OH is 6. The summed E-state index contributed by atoms with van der Waals surface area (Å²) in [7, 11) is 0. The summed E-state index contributed by atoms with van der Waals surface area (Å²) in [6.45, 7) is 1.45. The van der Waals surface area contributed by atoms with Crippen molar-refractivity contribution in [1.29, 1.82) is 0 Å². The van der Waals surface area contributed by atoms with Gasteiger partial charge < -0.3 is 50.7 Å². The Hall–Kier alpha value is -0.900. The topological polar surface area (TPSA) is 198 Å². The fourth-order valence-corrected chi connectivity index (χ4v) is 5.70. The van der Waals surface area contributed by atoms with Crippen LogP contribution in [0, 0.1) is 0 Å². The Morgan fingerprint density at radius 2 is 1.40 bits per heavy atom. The standard InChI is InChI=1S/C32H61BrN2O10/c1-2-24(37)30(42)23(22-44-32-26(39)20-25(38)31(43)27(21-36)45-32)35-29(41)17-13-9-5-7-11-15-19-34-28(40)16-12-8-4-3-6-10-14-18-33/h23-27,30-32,36-39,42-43H,2-22H2,1H3,(H,34,40)(H,35,41)/t23-,24+,25?,26?,27?,30-,31+,32-/m0/s1. The Kier molecular flexibility index (Phi) is 24.4. The third-order valence-electron chi connectivity index (χ3n) is 8.26. The van der Waals surface area contributed by atoms with Crippen LogP contribution in [0.3, 0.4) is 0 Å². The highest BCUT2D eigenvalue weighted by atomic mass is 79.9. The van der Waals surface area contributed by atoms with E-state index in [2.05, 4.69) is 26.6 Å². The molecular formula is C32H61BrN2O10. The van der Waals surface area contributed by atoms with Crippen LogP contribution in [-0.4, -0.2) is 116 Å². The average molecular weight is 714 g/mol. The molecule has 1 aliphatic rings. The van der Waals surface area contributed by atoms with E-state index >= 15 is 0 Å². The van der Waals surface area contributed by atoms with E-state index < -0.39 is 55.6 Å². The molecule has 45 heavy (non-hydrogen) atoms. The highest BCUT2D eigenvalue weighted by Crippen LogP contribution is 2.22. The van der Waals surface area contributed by atoms with E-state index in [1.807, 2.05) is 0 Å². The van der Waals surface area contributed by atoms with Crippen LogP contribution in [0.4, 0.5) is 0 Å². The predicted molar refractivity (Wildman–Crippen MR) is 175 cm³/mol. The monoisotopic (exact) mass is 712 g/mol. The number of unbranched alkanes of at least 4 members (excludes halogenated alkanes) is 11. The number of rotatable bonds is 26. The molecular weight excluding hydrogens is 652 g/mol. The summed E-state index contributed by atoms with van der Waals surface area (Å²) in [6.07, 6.45) is 5.41. The normalized spacial score (nSPS) is 24.0. The minimum absolute atomic E-state index is 0.130. The van der Waals surface area contributed by atoms with Crippen molar-refractivity contribution < 1.29 is 49.7 Å². The zero-order chi connectivity index (χ0) is 33.5. The van der Waals surface area contributed by atoms with Crippen molar-refractivity contribution in [2.75, 3.05) is 25.1 Å². The lowest BCUT2D eigenvalue weighted by Gasteiger charge is -2.30. The molecule has 2 amide bonds. The van der Waals surface area contributed by atoms with Crippen LogP contribution >= 0.6 is 15.9 Å². The van der Waals surface area contributed by atoms with Crippen LogP contribution < -0.4 is 10.6 Å². The Morgan fingerprint density at radius 3 is 1.98 bits per heavy atom. The van der Waals surface area contributed by atoms with Crippen LogP contribution in [0.5, 0.6) is 0 Å². The summed E-state index contributed by atoms with van der Waals surface area (Å²) in [5, 5.41) is 67.4. The molecule has 1 saturated heterocycles. The van der Waals surface area contributed by atoms with E-state index in [4.69, 9.17) is 9.47 Å². The van der Waals surface area contributed by atoms with Gasteiger partial charge in [-0.2, -0.15) is 0 Å². The number of nitrogens with one attached hydrogen (secondary N) is 2. The average Bonchev–Trinajstić information content (AvgIpc) is 3.13. The first-order valence-corrected chi connectivity index (χ1v) is 18.2. The molecule has 1 fully saturated rings. The number of hydrogen-bond acceptors (Lipinski definition) is 10. The number of alkyl halides is 1. The van der Waals surface area contributed by atoms with Crippen molar-refractivity contribution in [3.63, 3.8) is 0 Å². The zero-order valence-corrected chi connectivity index (χ0v) is 28.7. The predicted octanol–water partition coefficient (Wildman–Crippen LogP) is 2.17. The van der Waals surface area contributed by atoms with Gasteiger partial charge in [0.2, 0.25) is 11.8 Å². The molecule has 0 aromatic rings. The summed E-state index contributed by atoms with van der Waals surface area (Å²) in [5.41, 5.74) is 0. The highest BCUT2D eigenvalue weighted by Gasteiger charge is 2.39. The molecule has 1 aliphatic heterocycles. The molecule has 0 aromatic carbocycles. The number of amides is 2. The fourth-order valence-electron chi connectivity index (χ4n) is 5.30. The van der Waals surface area contributed by atoms with E-state index in [0.717, 1.165) is 50.3 Å². The highest BCUT2D eigenvalue weighted by molar-refractivity contribution is 9.09. The molecule has 0 bridgehead atoms. The van der Waals surface area contributed by atoms with Gasteiger partial charge in [-0.05, 0) is 32.1 Å². The number of halogens is 1. The maximum absolute atomic E-state index is 12.6. The second-order valence-corrected chi connectivity index (χ2v) is 13.0. The van der Waals surface area contributed by atoms with E-state index in [1.54, 1.807) is 6.92 Å². The molecule has 0 aliphatic carbocycles. The molecule has 8 N–H and O–H groups in total. The molecule has 1 heterocycles. The van der Waals surface area contributed by atoms with Crippen molar-refractivity contribution >= 4 is 27.7 Å². The number of hydrogen-bond donors (Lipinski definition) is 8. The lowest BCUT2D eigenvalue weighted by molar-refractivity contribution is -0.230. The van der Waals surface area contributed by atoms with Crippen molar-refractivity contribution in [2.24, 2.45) is 0 Å². The van der Waals surface area contributed by atoms with Crippen molar-refractivity contribution in [3.8, 4) is 0 Å². The van der Waals surface area contributed by atoms with Gasteiger partial charge in [0.25, 0.3) is 0 Å². The Bertz CT molecular complexity index is 767. The third kappa shape index (κ3) is 18.9. The van der Waals surface area contributed by atoms with Crippen LogP contribution in [0.25, 0.3) is 0 Å². The molecule has 3 unspecified atom stereocenters. The third-order valence-corrected chi connectivity index (χ3v) is 8.82. The lowest BCUT2D eigenvalue weighted by atomic mass is 10.0. The zero-order valence-electron chi connectivity index (χ0n) is 27.2. The van der Waals surface area contributed by atoms with E-state index in [9.17, 15) is 40.2 Å². The first-order valence-electron chi connectivity index (χ1n) is 17.0. The fraction of sp³-hybridized carbons (Fsp3) is 0.938. The molecule has 266 valence electrons. The van der Waals surface area contributed by atoms with Crippen molar-refractivity contribution in [2.45, 2.75) is 165 Å². The molecule has 8 atom stereocenters. The minimum atomic E-state index is -1.42. The molecule has 1 rings (SSSR count). The van der Waals surface area contributed by atoms with Gasteiger partial charge in [0.15, 0.2) is 6.29 Å². The first-order chi connectivity index (χ1) is 21.6. The maximum Gasteiger partial charge on any atom is 0.220 e. The van der Waals surface area contributed by atoms with E-state index in [1.165, 1.54) is 32.1 Å². The van der Waals surface area contributed by atoms with Gasteiger partial charge in [0.05, 0.1) is 31.5 Å². The number of carbonyl (C=O) groups is 2. The van der Waals surface area contributed by atoms with Crippen LogP contribution in [0.2, 0.25) is 0 Å². The minimum Gasteiger partial charge on any atom is -0.394 e. The smallest absolute Gasteiger partial charge is 0.220 e. The Balaban J connectivity index is 2.26. The van der Waals surface area contributed by atoms with Gasteiger partial charge in [-0.25, -0.2) is 0 Å². The van der Waals surface area contributed by atoms with Gasteiger partial charge in [-0.15, -0.1) is 0 Å². The molecule has 0 saturated carbocycles. The lowest BCUT2D eigenvalue weighted by Crippen LogP contribution is -2.52. The number of ether oxygens (including phenoxy) is 2. The van der Waals surface area contributed by atoms with Crippen molar-refractivity contribution in [1.82, 2.24) is 10.6 Å². The summed E-state index contributed by atoms with van der Waals surface area (Å²) in [5.74, 6) is -0.185. The Labute approximate surface area is 277 Å². The molecule has 0 radical (unpaired) electrons. The Morgan fingerprint density at radius 1 is 0.844 bits per heavy atom. The summed E-state index contributed by atoms with van der Waals surface area (Å²) < 4.78 is 11.1. The summed E-state index contributed by atoms with van der Waals surface area (Å²) in [4.78, 5) is 24.6. The van der Waals surface area contributed by atoms with Gasteiger partial charge in [0, 0.05) is 31.1 Å². The van der Waals surface area contributed by atoms with Crippen molar-refractivity contribution in [3.05, 3.63) is 0 Å².